The van der Waals surface area contributed by atoms with Crippen LogP contribution in [0.1, 0.15) is 23.7 Å². The summed E-state index contributed by atoms with van der Waals surface area (Å²) in [5.41, 5.74) is 7.87. The van der Waals surface area contributed by atoms with E-state index in [1.807, 2.05) is 6.07 Å². The number of nitrogen functional groups attached to an aromatic ring is 1. The van der Waals surface area contributed by atoms with Crippen molar-refractivity contribution >= 4 is 23.3 Å². The summed E-state index contributed by atoms with van der Waals surface area (Å²) in [6.45, 7) is 3.03. The second kappa shape index (κ2) is 5.81. The number of nitrogens with one attached hydrogen (secondary N) is 1. The predicted molar refractivity (Wildman–Crippen MR) is 77.0 cm³/mol. The number of ketones is 1. The average molecular weight is 277 g/mol. The third-order valence-electron chi connectivity index (χ3n) is 3.48. The Hall–Kier alpha value is -2.24. The molecule has 6 nitrogen and oxygen atoms in total. The first kappa shape index (κ1) is 14.2. The number of rotatable bonds is 3. The van der Waals surface area contributed by atoms with Gasteiger partial charge in [-0.2, -0.15) is 0 Å². The van der Waals surface area contributed by atoms with E-state index in [0.717, 1.165) is 18.7 Å². The number of nitrogens with two attached hydrogens (primary N) is 1. The number of hydrogen-bond acceptors (Lipinski definition) is 5. The van der Waals surface area contributed by atoms with Crippen LogP contribution < -0.4 is 16.0 Å². The van der Waals surface area contributed by atoms with Crippen molar-refractivity contribution in [2.75, 3.05) is 30.8 Å². The van der Waals surface area contributed by atoms with E-state index >= 15 is 0 Å². The van der Waals surface area contributed by atoms with E-state index in [9.17, 15) is 9.59 Å². The first-order valence-electron chi connectivity index (χ1n) is 6.51. The topological polar surface area (TPSA) is 84.7 Å². The van der Waals surface area contributed by atoms with Gasteiger partial charge in [-0.15, -0.1) is 0 Å². The number of amides is 1. The van der Waals surface area contributed by atoms with Crippen LogP contribution in [0.2, 0.25) is 0 Å². The van der Waals surface area contributed by atoms with Crippen molar-refractivity contribution in [3.63, 3.8) is 0 Å². The molecule has 108 valence electrons. The highest BCUT2D eigenvalue weighted by atomic mass is 16.5. The van der Waals surface area contributed by atoms with Crippen LogP contribution in [-0.2, 0) is 4.74 Å². The van der Waals surface area contributed by atoms with Crippen molar-refractivity contribution in [3.8, 4) is 0 Å². The predicted octanol–water partition coefficient (Wildman–Crippen LogP) is 1.41. The van der Waals surface area contributed by atoms with Gasteiger partial charge in [0, 0.05) is 30.0 Å². The van der Waals surface area contributed by atoms with Gasteiger partial charge in [-0.25, -0.2) is 4.79 Å². The van der Waals surface area contributed by atoms with Gasteiger partial charge in [-0.1, -0.05) is 0 Å². The summed E-state index contributed by atoms with van der Waals surface area (Å²) in [5.74, 6) is -0.0410. The fraction of sp³-hybridized carbons (Fsp3) is 0.429. The second-order valence-corrected chi connectivity index (χ2v) is 4.90. The van der Waals surface area contributed by atoms with E-state index in [1.165, 1.54) is 14.0 Å². The lowest BCUT2D eigenvalue weighted by Crippen LogP contribution is -2.36. The molecule has 0 bridgehead atoms. The van der Waals surface area contributed by atoms with Crippen molar-refractivity contribution in [1.29, 1.82) is 0 Å². The number of hydrogen-bond donors (Lipinski definition) is 2. The lowest BCUT2D eigenvalue weighted by Gasteiger charge is -2.20. The van der Waals surface area contributed by atoms with Crippen LogP contribution in [0.25, 0.3) is 0 Å². The number of carbonyl (C=O) groups excluding carboxylic acids is 2. The molecule has 1 aromatic rings. The molecule has 6 heteroatoms. The Balaban J connectivity index is 2.05. The van der Waals surface area contributed by atoms with E-state index in [-0.39, 0.29) is 11.8 Å². The molecule has 0 aliphatic carbocycles. The number of carbonyl (C=O) groups is 2. The van der Waals surface area contributed by atoms with Crippen LogP contribution in [-0.4, -0.2) is 38.1 Å². The Kier molecular flexibility index (Phi) is 4.12. The highest BCUT2D eigenvalue weighted by molar-refractivity contribution is 5.99. The molecule has 0 spiro atoms. The SMILES string of the molecule is COC(=O)NC1CCN(c2ccc(C(C)=O)c(N)c2)C1. The standard InChI is InChI=1S/C14H19N3O3/c1-9(18)12-4-3-11(7-13(12)15)17-6-5-10(8-17)16-14(19)20-2/h3-4,7,10H,5-6,8,15H2,1-2H3,(H,16,19). The highest BCUT2D eigenvalue weighted by Gasteiger charge is 2.24. The van der Waals surface area contributed by atoms with Crippen LogP contribution >= 0.6 is 0 Å². The van der Waals surface area contributed by atoms with Crippen LogP contribution in [0, 0.1) is 0 Å². The largest absolute Gasteiger partial charge is 0.453 e. The van der Waals surface area contributed by atoms with E-state index < -0.39 is 6.09 Å². The second-order valence-electron chi connectivity index (χ2n) is 4.90. The van der Waals surface area contributed by atoms with E-state index in [4.69, 9.17) is 5.73 Å². The minimum absolute atomic E-state index is 0.0410. The third kappa shape index (κ3) is 3.01. The number of anilines is 2. The maximum Gasteiger partial charge on any atom is 0.407 e. The molecule has 20 heavy (non-hydrogen) atoms. The molecule has 0 saturated carbocycles. The molecule has 2 rings (SSSR count). The number of nitrogens with zero attached hydrogens (tertiary/aromatic N) is 1. The Bertz CT molecular complexity index is 530. The molecule has 1 saturated heterocycles. The van der Waals surface area contributed by atoms with Gasteiger partial charge < -0.3 is 20.7 Å². The molecular formula is C14H19N3O3. The zero-order valence-electron chi connectivity index (χ0n) is 11.7. The zero-order chi connectivity index (χ0) is 14.7. The molecule has 3 N–H and O–H groups in total. The maximum absolute atomic E-state index is 11.4. The van der Waals surface area contributed by atoms with Gasteiger partial charge in [-0.05, 0) is 31.5 Å². The van der Waals surface area contributed by atoms with Gasteiger partial charge >= 0.3 is 6.09 Å². The molecule has 1 unspecified atom stereocenters. The molecule has 0 radical (unpaired) electrons. The number of methoxy groups -OCH3 is 1. The van der Waals surface area contributed by atoms with Crippen LogP contribution in [0.15, 0.2) is 18.2 Å². The summed E-state index contributed by atoms with van der Waals surface area (Å²) < 4.78 is 4.59. The molecule has 1 atom stereocenters. The van der Waals surface area contributed by atoms with E-state index in [2.05, 4.69) is 15.0 Å². The first-order chi connectivity index (χ1) is 9.51. The van der Waals surface area contributed by atoms with Crippen molar-refractivity contribution in [2.24, 2.45) is 0 Å². The molecule has 1 aliphatic heterocycles. The molecular weight excluding hydrogens is 258 g/mol. The van der Waals surface area contributed by atoms with E-state index in [0.29, 0.717) is 17.8 Å². The summed E-state index contributed by atoms with van der Waals surface area (Å²) in [7, 11) is 1.35. The zero-order valence-corrected chi connectivity index (χ0v) is 11.7. The summed E-state index contributed by atoms with van der Waals surface area (Å²) in [6, 6.07) is 5.50. The van der Waals surface area contributed by atoms with Gasteiger partial charge in [0.15, 0.2) is 5.78 Å². The van der Waals surface area contributed by atoms with Gasteiger partial charge in [0.2, 0.25) is 0 Å². The Labute approximate surface area is 117 Å². The van der Waals surface area contributed by atoms with Crippen molar-refractivity contribution < 1.29 is 14.3 Å². The quantitative estimate of drug-likeness (QED) is 0.644. The number of alkyl carbamates (subject to hydrolysis) is 1. The fourth-order valence-electron chi connectivity index (χ4n) is 2.41. The number of benzene rings is 1. The third-order valence-corrected chi connectivity index (χ3v) is 3.48. The van der Waals surface area contributed by atoms with Crippen LogP contribution in [0.4, 0.5) is 16.2 Å². The molecule has 1 aliphatic rings. The van der Waals surface area contributed by atoms with Gasteiger partial charge in [0.25, 0.3) is 0 Å². The first-order valence-corrected chi connectivity index (χ1v) is 6.51. The smallest absolute Gasteiger partial charge is 0.407 e. The molecule has 1 fully saturated rings. The minimum atomic E-state index is -0.414. The Morgan fingerprint density at radius 1 is 1.45 bits per heavy atom. The van der Waals surface area contributed by atoms with Crippen LogP contribution in [0.3, 0.4) is 0 Å². The maximum atomic E-state index is 11.4. The van der Waals surface area contributed by atoms with Crippen molar-refractivity contribution in [1.82, 2.24) is 5.32 Å². The molecule has 1 amide bonds. The van der Waals surface area contributed by atoms with Crippen LogP contribution in [0.5, 0.6) is 0 Å². The van der Waals surface area contributed by atoms with Gasteiger partial charge in [-0.3, -0.25) is 4.79 Å². The van der Waals surface area contributed by atoms with Crippen molar-refractivity contribution in [2.45, 2.75) is 19.4 Å². The monoisotopic (exact) mass is 277 g/mol. The molecule has 1 aromatic carbocycles. The average Bonchev–Trinajstić information content (AvgIpc) is 2.86. The Morgan fingerprint density at radius 3 is 2.80 bits per heavy atom. The molecule has 0 aromatic heterocycles. The highest BCUT2D eigenvalue weighted by Crippen LogP contribution is 2.25. The summed E-state index contributed by atoms with van der Waals surface area (Å²) >= 11 is 0. The lowest BCUT2D eigenvalue weighted by molar-refractivity contribution is 0.101. The lowest BCUT2D eigenvalue weighted by atomic mass is 10.1. The number of Topliss-reactive ketones (excluding diaryl/α,β-unsaturated/α-hetero) is 1. The summed E-state index contributed by atoms with van der Waals surface area (Å²) in [4.78, 5) is 24.7. The summed E-state index contributed by atoms with van der Waals surface area (Å²) in [6.07, 6.45) is 0.437. The Morgan fingerprint density at radius 2 is 2.20 bits per heavy atom. The minimum Gasteiger partial charge on any atom is -0.453 e. The van der Waals surface area contributed by atoms with Crippen molar-refractivity contribution in [3.05, 3.63) is 23.8 Å². The fourth-order valence-corrected chi connectivity index (χ4v) is 2.41. The van der Waals surface area contributed by atoms with E-state index in [1.54, 1.807) is 12.1 Å². The number of ether oxygens (including phenoxy) is 1. The van der Waals surface area contributed by atoms with Gasteiger partial charge in [0.1, 0.15) is 0 Å². The van der Waals surface area contributed by atoms with Gasteiger partial charge in [0.05, 0.1) is 13.2 Å². The summed E-state index contributed by atoms with van der Waals surface area (Å²) in [5, 5.41) is 2.78. The normalized spacial score (nSPS) is 17.9. The molecule has 1 heterocycles.